The topological polar surface area (TPSA) is 90.5 Å². The number of aromatic nitrogens is 1. The van der Waals surface area contributed by atoms with Gasteiger partial charge in [-0.3, -0.25) is 14.4 Å². The normalized spacial score (nSPS) is 18.5. The minimum absolute atomic E-state index is 0.123. The lowest BCUT2D eigenvalue weighted by molar-refractivity contribution is -0.138. The highest BCUT2D eigenvalue weighted by Crippen LogP contribution is 2.23. The van der Waals surface area contributed by atoms with Gasteiger partial charge < -0.3 is 15.0 Å². The number of hydrogen-bond acceptors (Lipinski definition) is 3. The number of carbonyl (C=O) groups is 2. The van der Waals surface area contributed by atoms with Gasteiger partial charge in [0.15, 0.2) is 0 Å². The number of piperidine rings is 1. The second-order valence-corrected chi connectivity index (χ2v) is 6.56. The molecule has 124 valence electrons. The van der Waals surface area contributed by atoms with Crippen LogP contribution in [0.1, 0.15) is 53.7 Å². The number of carbonyl (C=O) groups excluding carboxylic acids is 1. The van der Waals surface area contributed by atoms with Crippen molar-refractivity contribution in [1.82, 2.24) is 9.88 Å². The smallest absolute Gasteiger partial charge is 0.303 e. The van der Waals surface area contributed by atoms with Crippen molar-refractivity contribution in [2.45, 2.75) is 44.9 Å². The molecule has 2 heterocycles. The van der Waals surface area contributed by atoms with Crippen molar-refractivity contribution in [3.05, 3.63) is 33.2 Å². The second-order valence-electron chi connectivity index (χ2n) is 6.56. The fourth-order valence-corrected chi connectivity index (χ4v) is 3.59. The van der Waals surface area contributed by atoms with Crippen LogP contribution in [0.2, 0.25) is 0 Å². The number of likely N-dealkylation sites (tertiary alicyclic amines) is 1. The average molecular weight is 318 g/mol. The Labute approximate surface area is 134 Å². The number of carboxylic acids is 1. The molecule has 23 heavy (non-hydrogen) atoms. The summed E-state index contributed by atoms with van der Waals surface area (Å²) in [6.45, 7) is 1.04. The summed E-state index contributed by atoms with van der Waals surface area (Å²) in [5.74, 6) is -0.896. The summed E-state index contributed by atoms with van der Waals surface area (Å²) in [5, 5.41) is 8.84. The van der Waals surface area contributed by atoms with E-state index in [0.717, 1.165) is 36.9 Å². The number of hydrogen-bond donors (Lipinski definition) is 2. The molecule has 1 fully saturated rings. The Hall–Kier alpha value is -2.11. The molecule has 1 aliphatic carbocycles. The number of carboxylic acid groups (broad SMARTS) is 1. The summed E-state index contributed by atoms with van der Waals surface area (Å²) in [4.78, 5) is 40.1. The fourth-order valence-electron chi connectivity index (χ4n) is 3.59. The average Bonchev–Trinajstić information content (AvgIpc) is 2.54. The van der Waals surface area contributed by atoms with Gasteiger partial charge in [0.25, 0.3) is 11.5 Å². The van der Waals surface area contributed by atoms with E-state index in [1.165, 1.54) is 0 Å². The molecule has 0 saturated carbocycles. The molecule has 1 aromatic heterocycles. The predicted molar refractivity (Wildman–Crippen MR) is 84.6 cm³/mol. The molecule has 2 N–H and O–H groups in total. The Balaban J connectivity index is 1.72. The molecule has 1 aliphatic heterocycles. The third-order valence-corrected chi connectivity index (χ3v) is 4.93. The molecule has 0 radical (unpaired) electrons. The van der Waals surface area contributed by atoms with Gasteiger partial charge in [0.1, 0.15) is 5.56 Å². The Kier molecular flexibility index (Phi) is 4.50. The van der Waals surface area contributed by atoms with Crippen LogP contribution in [0, 0.1) is 5.92 Å². The number of aryl methyl sites for hydroxylation is 2. The number of aromatic amines is 1. The first-order chi connectivity index (χ1) is 11.0. The Morgan fingerprint density at radius 3 is 2.61 bits per heavy atom. The highest BCUT2D eigenvalue weighted by atomic mass is 16.4. The minimum atomic E-state index is -0.791. The summed E-state index contributed by atoms with van der Waals surface area (Å²) >= 11 is 0. The van der Waals surface area contributed by atoms with Gasteiger partial charge in [0, 0.05) is 25.2 Å². The molecule has 0 bridgehead atoms. The second kappa shape index (κ2) is 6.56. The molecule has 0 spiro atoms. The summed E-state index contributed by atoms with van der Waals surface area (Å²) in [5.41, 5.74) is 1.98. The first-order valence-electron chi connectivity index (χ1n) is 8.30. The van der Waals surface area contributed by atoms with E-state index < -0.39 is 5.97 Å². The maximum Gasteiger partial charge on any atom is 0.303 e. The summed E-state index contributed by atoms with van der Waals surface area (Å²) in [6, 6.07) is 1.76. The number of pyridine rings is 1. The number of H-pyrrole nitrogens is 1. The first-order valence-corrected chi connectivity index (χ1v) is 8.30. The molecule has 2 aliphatic rings. The van der Waals surface area contributed by atoms with E-state index in [2.05, 4.69) is 4.98 Å². The van der Waals surface area contributed by atoms with Crippen molar-refractivity contribution in [1.29, 1.82) is 0 Å². The largest absolute Gasteiger partial charge is 0.481 e. The Bertz CT molecular complexity index is 672. The van der Waals surface area contributed by atoms with Crippen LogP contribution < -0.4 is 5.56 Å². The van der Waals surface area contributed by atoms with E-state index in [1.807, 2.05) is 0 Å². The number of nitrogens with one attached hydrogen (secondary N) is 1. The first kappa shape index (κ1) is 15.8. The van der Waals surface area contributed by atoms with Crippen molar-refractivity contribution in [2.75, 3.05) is 13.1 Å². The van der Waals surface area contributed by atoms with Crippen molar-refractivity contribution >= 4 is 11.9 Å². The molecule has 6 heteroatoms. The molecule has 1 saturated heterocycles. The zero-order valence-corrected chi connectivity index (χ0v) is 13.1. The maximum atomic E-state index is 12.6. The zero-order valence-electron chi connectivity index (χ0n) is 13.1. The Morgan fingerprint density at radius 2 is 1.91 bits per heavy atom. The highest BCUT2D eigenvalue weighted by molar-refractivity contribution is 5.94. The van der Waals surface area contributed by atoms with Crippen LogP contribution in [-0.2, 0) is 17.6 Å². The lowest BCUT2D eigenvalue weighted by atomic mass is 9.92. The SMILES string of the molecule is O=C(O)CC1CCN(C(=O)c2cc3c([nH]c2=O)CCCC3)CC1. The number of fused-ring (bicyclic) bond motifs is 1. The molecular weight excluding hydrogens is 296 g/mol. The lowest BCUT2D eigenvalue weighted by Gasteiger charge is -2.31. The van der Waals surface area contributed by atoms with Gasteiger partial charge in [0.05, 0.1) is 0 Å². The van der Waals surface area contributed by atoms with Crippen molar-refractivity contribution in [3.63, 3.8) is 0 Å². The van der Waals surface area contributed by atoms with Crippen LogP contribution in [0.3, 0.4) is 0 Å². The van der Waals surface area contributed by atoms with Gasteiger partial charge in [-0.25, -0.2) is 0 Å². The molecule has 3 rings (SSSR count). The third kappa shape index (κ3) is 3.46. The van der Waals surface area contributed by atoms with Gasteiger partial charge in [-0.2, -0.15) is 0 Å². The maximum absolute atomic E-state index is 12.6. The Morgan fingerprint density at radius 1 is 1.22 bits per heavy atom. The lowest BCUT2D eigenvalue weighted by Crippen LogP contribution is -2.41. The number of aliphatic carboxylic acids is 1. The number of nitrogens with zero attached hydrogens (tertiary/aromatic N) is 1. The molecular formula is C17H22N2O4. The van der Waals surface area contributed by atoms with Crippen LogP contribution >= 0.6 is 0 Å². The fraction of sp³-hybridized carbons (Fsp3) is 0.588. The van der Waals surface area contributed by atoms with Crippen LogP contribution in [-0.4, -0.2) is 40.0 Å². The molecule has 0 aromatic carbocycles. The van der Waals surface area contributed by atoms with Crippen LogP contribution in [0.4, 0.5) is 0 Å². The van der Waals surface area contributed by atoms with E-state index in [4.69, 9.17) is 5.11 Å². The molecule has 6 nitrogen and oxygen atoms in total. The van der Waals surface area contributed by atoms with Gasteiger partial charge in [0.2, 0.25) is 0 Å². The quantitative estimate of drug-likeness (QED) is 0.885. The van der Waals surface area contributed by atoms with Crippen LogP contribution in [0.25, 0.3) is 0 Å². The van der Waals surface area contributed by atoms with Crippen LogP contribution in [0.5, 0.6) is 0 Å². The predicted octanol–water partition coefficient (Wildman–Crippen LogP) is 1.58. The minimum Gasteiger partial charge on any atom is -0.481 e. The standard InChI is InChI=1S/C17H22N2O4/c20-15(21)9-11-5-7-19(8-6-11)17(23)13-10-12-3-1-2-4-14(12)18-16(13)22/h10-11H,1-9H2,(H,18,22)(H,20,21). The number of rotatable bonds is 3. The highest BCUT2D eigenvalue weighted by Gasteiger charge is 2.27. The summed E-state index contributed by atoms with van der Waals surface area (Å²) in [7, 11) is 0. The molecule has 0 atom stereocenters. The van der Waals surface area contributed by atoms with Crippen molar-refractivity contribution in [3.8, 4) is 0 Å². The summed E-state index contributed by atoms with van der Waals surface area (Å²) < 4.78 is 0. The van der Waals surface area contributed by atoms with Gasteiger partial charge in [-0.05, 0) is 56.1 Å². The van der Waals surface area contributed by atoms with Crippen molar-refractivity contribution in [2.24, 2.45) is 5.92 Å². The van der Waals surface area contributed by atoms with E-state index in [-0.39, 0.29) is 29.4 Å². The van der Waals surface area contributed by atoms with E-state index in [0.29, 0.717) is 25.9 Å². The van der Waals surface area contributed by atoms with E-state index in [9.17, 15) is 14.4 Å². The van der Waals surface area contributed by atoms with E-state index in [1.54, 1.807) is 11.0 Å². The van der Waals surface area contributed by atoms with E-state index >= 15 is 0 Å². The zero-order chi connectivity index (χ0) is 16.4. The molecule has 1 aromatic rings. The van der Waals surface area contributed by atoms with Gasteiger partial charge in [-0.15, -0.1) is 0 Å². The molecule has 0 unspecified atom stereocenters. The summed E-state index contributed by atoms with van der Waals surface area (Å²) in [6.07, 6.45) is 5.47. The monoisotopic (exact) mass is 318 g/mol. The number of amides is 1. The van der Waals surface area contributed by atoms with Gasteiger partial charge in [-0.1, -0.05) is 0 Å². The van der Waals surface area contributed by atoms with Crippen LogP contribution in [0.15, 0.2) is 10.9 Å². The van der Waals surface area contributed by atoms with Gasteiger partial charge >= 0.3 is 5.97 Å². The van der Waals surface area contributed by atoms with Crippen molar-refractivity contribution < 1.29 is 14.7 Å². The molecule has 1 amide bonds. The third-order valence-electron chi connectivity index (χ3n) is 4.93.